The summed E-state index contributed by atoms with van der Waals surface area (Å²) in [7, 11) is 0. The maximum Gasteiger partial charge on any atom is 0.150 e. The van der Waals surface area contributed by atoms with E-state index in [-0.39, 0.29) is 6.23 Å². The van der Waals surface area contributed by atoms with Crippen LogP contribution in [-0.2, 0) is 4.74 Å². The molecule has 1 aliphatic rings. The Balaban J connectivity index is 1.73. The zero-order valence-corrected chi connectivity index (χ0v) is 14.5. The molecule has 0 radical (unpaired) electrons. The van der Waals surface area contributed by atoms with E-state index in [4.69, 9.17) is 9.72 Å². The van der Waals surface area contributed by atoms with Gasteiger partial charge in [-0.05, 0) is 44.4 Å². The molecule has 0 spiro atoms. The number of aromatic nitrogens is 4. The molecule has 1 atom stereocenters. The maximum absolute atomic E-state index is 5.81. The summed E-state index contributed by atoms with van der Waals surface area (Å²) in [5, 5.41) is 4.62. The molecule has 6 heteroatoms. The van der Waals surface area contributed by atoms with Crippen molar-refractivity contribution in [2.45, 2.75) is 32.4 Å². The van der Waals surface area contributed by atoms with Gasteiger partial charge in [0, 0.05) is 22.8 Å². The summed E-state index contributed by atoms with van der Waals surface area (Å²) in [4.78, 5) is 9.25. The van der Waals surface area contributed by atoms with Crippen molar-refractivity contribution < 1.29 is 4.74 Å². The maximum atomic E-state index is 5.81. The molecule has 1 aliphatic heterocycles. The second-order valence-electron chi connectivity index (χ2n) is 5.82. The average molecular weight is 373 g/mol. The van der Waals surface area contributed by atoms with E-state index in [2.05, 4.69) is 26.0 Å². The Bertz CT molecular complexity index is 855. The van der Waals surface area contributed by atoms with Crippen LogP contribution in [0.15, 0.2) is 35.1 Å². The van der Waals surface area contributed by atoms with Gasteiger partial charge in [0.05, 0.1) is 28.6 Å². The van der Waals surface area contributed by atoms with E-state index >= 15 is 0 Å². The van der Waals surface area contributed by atoms with Gasteiger partial charge in [0.15, 0.2) is 0 Å². The Labute approximate surface area is 142 Å². The highest BCUT2D eigenvalue weighted by atomic mass is 79.9. The zero-order chi connectivity index (χ0) is 15.8. The SMILES string of the molecule is Cc1nn(C2CCCCO2)cc1-c1cnc2ccc(Br)cc2n1. The van der Waals surface area contributed by atoms with Crippen molar-refractivity contribution in [2.75, 3.05) is 6.61 Å². The number of rotatable bonds is 2. The van der Waals surface area contributed by atoms with Crippen LogP contribution < -0.4 is 0 Å². The number of hydrogen-bond acceptors (Lipinski definition) is 4. The van der Waals surface area contributed by atoms with Crippen LogP contribution in [-0.4, -0.2) is 26.4 Å². The minimum atomic E-state index is 0.0405. The summed E-state index contributed by atoms with van der Waals surface area (Å²) < 4.78 is 8.74. The van der Waals surface area contributed by atoms with Gasteiger partial charge in [-0.3, -0.25) is 4.98 Å². The number of hydrogen-bond donors (Lipinski definition) is 0. The summed E-state index contributed by atoms with van der Waals surface area (Å²) in [5.74, 6) is 0. The summed E-state index contributed by atoms with van der Waals surface area (Å²) in [6.07, 6.45) is 7.21. The lowest BCUT2D eigenvalue weighted by Crippen LogP contribution is -2.18. The third kappa shape index (κ3) is 2.88. The molecule has 23 heavy (non-hydrogen) atoms. The monoisotopic (exact) mass is 372 g/mol. The Kier molecular flexibility index (Phi) is 3.87. The molecule has 0 saturated carbocycles. The number of aryl methyl sites for hydroxylation is 1. The highest BCUT2D eigenvalue weighted by Crippen LogP contribution is 2.27. The van der Waals surface area contributed by atoms with Crippen molar-refractivity contribution in [3.05, 3.63) is 40.8 Å². The van der Waals surface area contributed by atoms with Gasteiger partial charge in [-0.2, -0.15) is 5.10 Å². The van der Waals surface area contributed by atoms with Crippen LogP contribution in [0.1, 0.15) is 31.2 Å². The van der Waals surface area contributed by atoms with E-state index in [9.17, 15) is 0 Å². The van der Waals surface area contributed by atoms with Gasteiger partial charge < -0.3 is 4.74 Å². The molecule has 0 amide bonds. The molecule has 5 nitrogen and oxygen atoms in total. The lowest BCUT2D eigenvalue weighted by atomic mass is 10.2. The molecule has 3 heterocycles. The predicted octanol–water partition coefficient (Wildman–Crippen LogP) is 4.26. The van der Waals surface area contributed by atoms with Gasteiger partial charge in [0.2, 0.25) is 0 Å². The highest BCUT2D eigenvalue weighted by molar-refractivity contribution is 9.10. The van der Waals surface area contributed by atoms with Gasteiger partial charge >= 0.3 is 0 Å². The number of fused-ring (bicyclic) bond motifs is 1. The molecule has 0 aliphatic carbocycles. The molecule has 1 unspecified atom stereocenters. The van der Waals surface area contributed by atoms with Crippen molar-refractivity contribution in [2.24, 2.45) is 0 Å². The van der Waals surface area contributed by atoms with E-state index in [1.165, 1.54) is 6.42 Å². The van der Waals surface area contributed by atoms with Crippen molar-refractivity contribution >= 4 is 27.0 Å². The number of benzene rings is 1. The Morgan fingerprint density at radius 2 is 2.17 bits per heavy atom. The standard InChI is InChI=1S/C17H17BrN4O/c1-11-13(10-22(21-11)17-4-2-3-7-23-17)16-9-19-14-6-5-12(18)8-15(14)20-16/h5-6,8-10,17H,2-4,7H2,1H3. The first-order valence-electron chi connectivity index (χ1n) is 7.81. The molecule has 1 fully saturated rings. The van der Waals surface area contributed by atoms with Crippen LogP contribution in [0.3, 0.4) is 0 Å². The smallest absolute Gasteiger partial charge is 0.150 e. The molecule has 3 aromatic rings. The minimum Gasteiger partial charge on any atom is -0.357 e. The molecule has 118 valence electrons. The van der Waals surface area contributed by atoms with E-state index < -0.39 is 0 Å². The molecular formula is C17H17BrN4O. The van der Waals surface area contributed by atoms with Gasteiger partial charge in [-0.25, -0.2) is 9.67 Å². The zero-order valence-electron chi connectivity index (χ0n) is 12.9. The average Bonchev–Trinajstić information content (AvgIpc) is 2.97. The molecule has 0 bridgehead atoms. The Hall–Kier alpha value is -1.79. The van der Waals surface area contributed by atoms with Crippen LogP contribution in [0, 0.1) is 6.92 Å². The van der Waals surface area contributed by atoms with Crippen LogP contribution in [0.25, 0.3) is 22.3 Å². The summed E-state index contributed by atoms with van der Waals surface area (Å²) in [6.45, 7) is 2.81. The fourth-order valence-corrected chi connectivity index (χ4v) is 3.28. The molecule has 0 N–H and O–H groups in total. The normalized spacial score (nSPS) is 18.4. The van der Waals surface area contributed by atoms with Crippen LogP contribution in [0.5, 0.6) is 0 Å². The van der Waals surface area contributed by atoms with E-state index in [0.717, 1.165) is 51.9 Å². The van der Waals surface area contributed by atoms with Crippen molar-refractivity contribution in [3.8, 4) is 11.3 Å². The van der Waals surface area contributed by atoms with Crippen molar-refractivity contribution in [1.29, 1.82) is 0 Å². The molecule has 1 aromatic carbocycles. The van der Waals surface area contributed by atoms with Crippen LogP contribution >= 0.6 is 15.9 Å². The van der Waals surface area contributed by atoms with Gasteiger partial charge in [-0.1, -0.05) is 15.9 Å². The topological polar surface area (TPSA) is 52.8 Å². The van der Waals surface area contributed by atoms with Crippen LogP contribution in [0.2, 0.25) is 0 Å². The van der Waals surface area contributed by atoms with Crippen LogP contribution in [0.4, 0.5) is 0 Å². The van der Waals surface area contributed by atoms with E-state index in [1.807, 2.05) is 42.2 Å². The number of halogens is 1. The van der Waals surface area contributed by atoms with Gasteiger partial charge in [0.1, 0.15) is 6.23 Å². The minimum absolute atomic E-state index is 0.0405. The van der Waals surface area contributed by atoms with Crippen molar-refractivity contribution in [3.63, 3.8) is 0 Å². The summed E-state index contributed by atoms with van der Waals surface area (Å²) >= 11 is 3.48. The fourth-order valence-electron chi connectivity index (χ4n) is 2.93. The third-order valence-corrected chi connectivity index (χ3v) is 4.64. The molecule has 1 saturated heterocycles. The largest absolute Gasteiger partial charge is 0.357 e. The lowest BCUT2D eigenvalue weighted by Gasteiger charge is -2.22. The summed E-state index contributed by atoms with van der Waals surface area (Å²) in [6, 6.07) is 5.92. The first-order chi connectivity index (χ1) is 11.2. The second-order valence-corrected chi connectivity index (χ2v) is 6.73. The quantitative estimate of drug-likeness (QED) is 0.674. The number of nitrogens with zero attached hydrogens (tertiary/aromatic N) is 4. The molecular weight excluding hydrogens is 356 g/mol. The highest BCUT2D eigenvalue weighted by Gasteiger charge is 2.19. The first kappa shape index (κ1) is 14.8. The molecule has 2 aromatic heterocycles. The second kappa shape index (κ2) is 6.02. The fraction of sp³-hybridized carbons (Fsp3) is 0.353. The molecule has 4 rings (SSSR count). The van der Waals surface area contributed by atoms with Gasteiger partial charge in [-0.15, -0.1) is 0 Å². The third-order valence-electron chi connectivity index (χ3n) is 4.15. The number of ether oxygens (including phenoxy) is 1. The Morgan fingerprint density at radius 3 is 3.00 bits per heavy atom. The first-order valence-corrected chi connectivity index (χ1v) is 8.60. The predicted molar refractivity (Wildman–Crippen MR) is 92.0 cm³/mol. The van der Waals surface area contributed by atoms with Crippen molar-refractivity contribution in [1.82, 2.24) is 19.7 Å². The van der Waals surface area contributed by atoms with Gasteiger partial charge in [0.25, 0.3) is 0 Å². The van der Waals surface area contributed by atoms with E-state index in [0.29, 0.717) is 0 Å². The summed E-state index contributed by atoms with van der Waals surface area (Å²) in [5.41, 5.74) is 4.56. The Morgan fingerprint density at radius 1 is 1.26 bits per heavy atom. The lowest BCUT2D eigenvalue weighted by molar-refractivity contribution is -0.0396. The van der Waals surface area contributed by atoms with E-state index in [1.54, 1.807) is 0 Å².